The zero-order chi connectivity index (χ0) is 16.2. The predicted octanol–water partition coefficient (Wildman–Crippen LogP) is 1.90. The lowest BCUT2D eigenvalue weighted by atomic mass is 10.1. The highest BCUT2D eigenvalue weighted by molar-refractivity contribution is 6.21. The molecule has 0 atom stereocenters. The minimum absolute atomic E-state index is 0.0628. The lowest BCUT2D eigenvalue weighted by Gasteiger charge is -2.15. The van der Waals surface area contributed by atoms with Crippen molar-refractivity contribution in [3.05, 3.63) is 65.2 Å². The van der Waals surface area contributed by atoms with Crippen molar-refractivity contribution in [3.63, 3.8) is 0 Å². The van der Waals surface area contributed by atoms with E-state index in [1.807, 2.05) is 24.3 Å². The summed E-state index contributed by atoms with van der Waals surface area (Å²) in [6, 6.07) is 14.3. The molecule has 0 bridgehead atoms. The molecule has 1 N–H and O–H groups in total. The third kappa shape index (κ3) is 2.96. The number of amides is 2. The van der Waals surface area contributed by atoms with Crippen molar-refractivity contribution >= 4 is 11.8 Å². The Morgan fingerprint density at radius 3 is 2.17 bits per heavy atom. The van der Waals surface area contributed by atoms with E-state index in [2.05, 4.69) is 0 Å². The minimum Gasteiger partial charge on any atom is -0.491 e. The van der Waals surface area contributed by atoms with E-state index in [-0.39, 0.29) is 25.0 Å². The number of hydrogen-bond donors (Lipinski definition) is 1. The van der Waals surface area contributed by atoms with E-state index < -0.39 is 0 Å². The van der Waals surface area contributed by atoms with Crippen LogP contribution in [-0.4, -0.2) is 41.6 Å². The van der Waals surface area contributed by atoms with Gasteiger partial charge in [0.2, 0.25) is 0 Å². The Morgan fingerprint density at radius 2 is 1.52 bits per heavy atom. The first-order valence-corrected chi connectivity index (χ1v) is 7.49. The third-order valence-corrected chi connectivity index (χ3v) is 3.80. The molecule has 1 aliphatic rings. The van der Waals surface area contributed by atoms with E-state index in [0.717, 1.165) is 5.56 Å². The molecule has 5 nitrogen and oxygen atoms in total. The molecule has 23 heavy (non-hydrogen) atoms. The van der Waals surface area contributed by atoms with Crippen LogP contribution in [0.1, 0.15) is 26.3 Å². The number of hydrogen-bond acceptors (Lipinski definition) is 4. The van der Waals surface area contributed by atoms with Crippen molar-refractivity contribution in [2.45, 2.75) is 6.42 Å². The molecule has 1 heterocycles. The highest BCUT2D eigenvalue weighted by Gasteiger charge is 2.34. The van der Waals surface area contributed by atoms with Crippen LogP contribution in [0.3, 0.4) is 0 Å². The van der Waals surface area contributed by atoms with Gasteiger partial charge < -0.3 is 9.84 Å². The van der Waals surface area contributed by atoms with Crippen molar-refractivity contribution in [1.29, 1.82) is 0 Å². The first-order chi connectivity index (χ1) is 11.2. The molecule has 0 spiro atoms. The Bertz CT molecular complexity index is 706. The van der Waals surface area contributed by atoms with Crippen molar-refractivity contribution < 1.29 is 19.4 Å². The van der Waals surface area contributed by atoms with E-state index in [0.29, 0.717) is 29.8 Å². The van der Waals surface area contributed by atoms with Crippen molar-refractivity contribution in [1.82, 2.24) is 4.90 Å². The number of aliphatic hydroxyl groups is 1. The second-order valence-corrected chi connectivity index (χ2v) is 5.24. The summed E-state index contributed by atoms with van der Waals surface area (Å²) in [4.78, 5) is 25.9. The number of nitrogens with zero attached hydrogens (tertiary/aromatic N) is 1. The predicted molar refractivity (Wildman–Crippen MR) is 84.5 cm³/mol. The molecule has 0 unspecified atom stereocenters. The Kier molecular flexibility index (Phi) is 4.39. The van der Waals surface area contributed by atoms with Crippen LogP contribution in [-0.2, 0) is 6.42 Å². The van der Waals surface area contributed by atoms with Gasteiger partial charge in [-0.05, 0) is 30.2 Å². The maximum absolute atomic E-state index is 12.3. The molecular formula is C18H17NO4. The zero-order valence-electron chi connectivity index (χ0n) is 12.6. The normalized spacial score (nSPS) is 13.3. The fraction of sp³-hybridized carbons (Fsp3) is 0.222. The minimum atomic E-state index is -0.251. The molecule has 3 rings (SSSR count). The Labute approximate surface area is 134 Å². The molecule has 1 aliphatic heterocycles. The second-order valence-electron chi connectivity index (χ2n) is 5.24. The number of carbonyl (C=O) groups is 2. The zero-order valence-corrected chi connectivity index (χ0v) is 12.6. The quantitative estimate of drug-likeness (QED) is 0.827. The molecule has 2 amide bonds. The SMILES string of the molecule is O=C1c2ccccc2C(=O)N1CCc1ccccc1OCCO. The van der Waals surface area contributed by atoms with Gasteiger partial charge in [-0.2, -0.15) is 0 Å². The number of rotatable bonds is 6. The Hall–Kier alpha value is -2.66. The van der Waals surface area contributed by atoms with Gasteiger partial charge in [-0.15, -0.1) is 0 Å². The van der Waals surface area contributed by atoms with Gasteiger partial charge in [0.15, 0.2) is 0 Å². The molecular weight excluding hydrogens is 294 g/mol. The van der Waals surface area contributed by atoms with Crippen LogP contribution in [0.25, 0.3) is 0 Å². The largest absolute Gasteiger partial charge is 0.491 e. The number of aliphatic hydroxyl groups excluding tert-OH is 1. The smallest absolute Gasteiger partial charge is 0.261 e. The molecule has 118 valence electrons. The highest BCUT2D eigenvalue weighted by Crippen LogP contribution is 2.24. The number of ether oxygens (including phenoxy) is 1. The van der Waals surface area contributed by atoms with Gasteiger partial charge in [0.25, 0.3) is 11.8 Å². The average Bonchev–Trinajstić information content (AvgIpc) is 2.83. The van der Waals surface area contributed by atoms with Crippen molar-refractivity contribution in [3.8, 4) is 5.75 Å². The summed E-state index contributed by atoms with van der Waals surface area (Å²) < 4.78 is 5.48. The maximum atomic E-state index is 12.3. The lowest BCUT2D eigenvalue weighted by Crippen LogP contribution is -2.31. The number of benzene rings is 2. The molecule has 0 saturated carbocycles. The molecule has 0 fully saturated rings. The van der Waals surface area contributed by atoms with Crippen LogP contribution in [0, 0.1) is 0 Å². The number of fused-ring (bicyclic) bond motifs is 1. The van der Waals surface area contributed by atoms with Crippen molar-refractivity contribution in [2.75, 3.05) is 19.8 Å². The topological polar surface area (TPSA) is 66.8 Å². The molecule has 5 heteroatoms. The lowest BCUT2D eigenvalue weighted by molar-refractivity contribution is 0.0655. The third-order valence-electron chi connectivity index (χ3n) is 3.80. The second kappa shape index (κ2) is 6.62. The van der Waals surface area contributed by atoms with Crippen LogP contribution < -0.4 is 4.74 Å². The fourth-order valence-electron chi connectivity index (χ4n) is 2.68. The van der Waals surface area contributed by atoms with Crippen LogP contribution in [0.2, 0.25) is 0 Å². The number of imide groups is 1. The van der Waals surface area contributed by atoms with Gasteiger partial charge in [-0.25, -0.2) is 0 Å². The maximum Gasteiger partial charge on any atom is 0.261 e. The van der Waals surface area contributed by atoms with Crippen LogP contribution in [0.15, 0.2) is 48.5 Å². The number of para-hydroxylation sites is 1. The summed E-state index contributed by atoms with van der Waals surface area (Å²) in [7, 11) is 0. The summed E-state index contributed by atoms with van der Waals surface area (Å²) in [5, 5.41) is 8.87. The summed E-state index contributed by atoms with van der Waals surface area (Å²) in [6.45, 7) is 0.447. The van der Waals surface area contributed by atoms with E-state index in [1.54, 1.807) is 24.3 Å². The summed E-state index contributed by atoms with van der Waals surface area (Å²) in [6.07, 6.45) is 0.507. The van der Waals surface area contributed by atoms with E-state index in [4.69, 9.17) is 9.84 Å². The van der Waals surface area contributed by atoms with Crippen LogP contribution in [0.4, 0.5) is 0 Å². The molecule has 0 radical (unpaired) electrons. The Morgan fingerprint density at radius 1 is 0.913 bits per heavy atom. The highest BCUT2D eigenvalue weighted by atomic mass is 16.5. The van der Waals surface area contributed by atoms with E-state index in [1.165, 1.54) is 4.90 Å². The molecule has 0 aromatic heterocycles. The molecule has 2 aromatic rings. The molecule has 2 aromatic carbocycles. The van der Waals surface area contributed by atoms with Gasteiger partial charge in [-0.3, -0.25) is 14.5 Å². The monoisotopic (exact) mass is 311 g/mol. The van der Waals surface area contributed by atoms with Gasteiger partial charge in [-0.1, -0.05) is 30.3 Å². The molecule has 0 aliphatic carbocycles. The van der Waals surface area contributed by atoms with Gasteiger partial charge in [0.05, 0.1) is 17.7 Å². The van der Waals surface area contributed by atoms with Crippen LogP contribution in [0.5, 0.6) is 5.75 Å². The summed E-state index contributed by atoms with van der Waals surface area (Å²) >= 11 is 0. The number of carbonyl (C=O) groups excluding carboxylic acids is 2. The summed E-state index contributed by atoms with van der Waals surface area (Å²) in [5.41, 5.74) is 1.82. The average molecular weight is 311 g/mol. The van der Waals surface area contributed by atoms with Gasteiger partial charge >= 0.3 is 0 Å². The Balaban J connectivity index is 1.73. The van der Waals surface area contributed by atoms with Crippen molar-refractivity contribution in [2.24, 2.45) is 0 Å². The van der Waals surface area contributed by atoms with Crippen LogP contribution >= 0.6 is 0 Å². The standard InChI is InChI=1S/C18H17NO4/c20-11-12-23-16-8-4-1-5-13(16)9-10-19-17(21)14-6-2-3-7-15(14)18(19)22/h1-8,20H,9-12H2. The fourth-order valence-corrected chi connectivity index (χ4v) is 2.68. The first-order valence-electron chi connectivity index (χ1n) is 7.49. The van der Waals surface area contributed by atoms with Gasteiger partial charge in [0.1, 0.15) is 12.4 Å². The van der Waals surface area contributed by atoms with E-state index in [9.17, 15) is 9.59 Å². The molecule has 0 saturated heterocycles. The van der Waals surface area contributed by atoms with Gasteiger partial charge in [0, 0.05) is 6.54 Å². The van der Waals surface area contributed by atoms with E-state index >= 15 is 0 Å². The first kappa shape index (κ1) is 15.2. The summed E-state index contributed by atoms with van der Waals surface area (Å²) in [5.74, 6) is 0.164.